The fourth-order valence-corrected chi connectivity index (χ4v) is 0.939. The summed E-state index contributed by atoms with van der Waals surface area (Å²) in [5.41, 5.74) is 1.20. The van der Waals surface area contributed by atoms with E-state index in [4.69, 9.17) is 0 Å². The summed E-state index contributed by atoms with van der Waals surface area (Å²) < 4.78 is 1.97. The van der Waals surface area contributed by atoms with Gasteiger partial charge in [0.25, 0.3) is 0 Å². The zero-order valence-electron chi connectivity index (χ0n) is 6.45. The van der Waals surface area contributed by atoms with Crippen LogP contribution in [0.25, 0.3) is 0 Å². The highest BCUT2D eigenvalue weighted by Gasteiger charge is 1.91. The first-order valence-corrected chi connectivity index (χ1v) is 3.47. The van der Waals surface area contributed by atoms with Gasteiger partial charge >= 0.3 is 0 Å². The smallest absolute Gasteiger partial charge is 0.234 e. The molecular formula is C8H10N2O. The van der Waals surface area contributed by atoms with Crippen LogP contribution >= 0.6 is 0 Å². The van der Waals surface area contributed by atoms with Gasteiger partial charge in [-0.25, -0.2) is 9.79 Å². The van der Waals surface area contributed by atoms with E-state index in [1.54, 1.807) is 0 Å². The van der Waals surface area contributed by atoms with Crippen LogP contribution < -0.4 is 0 Å². The third-order valence-electron chi connectivity index (χ3n) is 1.47. The van der Waals surface area contributed by atoms with Crippen LogP contribution in [0.15, 0.2) is 23.5 Å². The number of hydrogen-bond acceptors (Lipinski definition) is 2. The SMILES string of the molecule is Cn1ccc(CCN=C=O)c1. The molecule has 58 valence electrons. The molecule has 0 aromatic carbocycles. The minimum absolute atomic E-state index is 0.535. The lowest BCUT2D eigenvalue weighted by molar-refractivity contribution is 0.563. The van der Waals surface area contributed by atoms with Crippen LogP contribution in [0, 0.1) is 0 Å². The second-order valence-electron chi connectivity index (χ2n) is 2.41. The fraction of sp³-hybridized carbons (Fsp3) is 0.375. The molecule has 0 saturated heterocycles. The van der Waals surface area contributed by atoms with Crippen LogP contribution in [0.1, 0.15) is 5.56 Å². The van der Waals surface area contributed by atoms with Crippen molar-refractivity contribution in [3.63, 3.8) is 0 Å². The largest absolute Gasteiger partial charge is 0.357 e. The van der Waals surface area contributed by atoms with E-state index in [9.17, 15) is 4.79 Å². The molecule has 1 aromatic heterocycles. The van der Waals surface area contributed by atoms with E-state index in [1.165, 1.54) is 11.6 Å². The molecule has 0 bridgehead atoms. The quantitative estimate of drug-likeness (QED) is 0.465. The Labute approximate surface area is 65.4 Å². The Bertz CT molecular complexity index is 271. The van der Waals surface area contributed by atoms with Crippen LogP contribution in [-0.2, 0) is 18.3 Å². The van der Waals surface area contributed by atoms with E-state index in [-0.39, 0.29) is 0 Å². The molecule has 1 rings (SSSR count). The number of hydrogen-bond donors (Lipinski definition) is 0. The monoisotopic (exact) mass is 150 g/mol. The van der Waals surface area contributed by atoms with Crippen LogP contribution in [0.5, 0.6) is 0 Å². The summed E-state index contributed by atoms with van der Waals surface area (Å²) in [7, 11) is 1.96. The molecular weight excluding hydrogens is 140 g/mol. The maximum Gasteiger partial charge on any atom is 0.234 e. The minimum Gasteiger partial charge on any atom is -0.357 e. The molecule has 1 heterocycles. The van der Waals surface area contributed by atoms with Crippen molar-refractivity contribution in [2.24, 2.45) is 12.0 Å². The van der Waals surface area contributed by atoms with Gasteiger partial charge in [0.1, 0.15) is 0 Å². The first-order chi connectivity index (χ1) is 5.33. The van der Waals surface area contributed by atoms with Gasteiger partial charge in [-0.2, -0.15) is 0 Å². The molecule has 0 aliphatic heterocycles. The Balaban J connectivity index is 2.44. The first kappa shape index (κ1) is 7.76. The molecule has 0 aliphatic carbocycles. The lowest BCUT2D eigenvalue weighted by Gasteiger charge is -1.88. The van der Waals surface area contributed by atoms with Crippen LogP contribution in [-0.4, -0.2) is 17.2 Å². The zero-order valence-corrected chi connectivity index (χ0v) is 6.45. The van der Waals surface area contributed by atoms with Crippen molar-refractivity contribution < 1.29 is 4.79 Å². The Morgan fingerprint density at radius 1 is 1.73 bits per heavy atom. The van der Waals surface area contributed by atoms with Crippen LogP contribution in [0.4, 0.5) is 0 Å². The number of isocyanates is 1. The second-order valence-corrected chi connectivity index (χ2v) is 2.41. The normalized spacial score (nSPS) is 9.18. The maximum atomic E-state index is 9.70. The topological polar surface area (TPSA) is 34.4 Å². The summed E-state index contributed by atoms with van der Waals surface area (Å²) in [6, 6.07) is 2.01. The van der Waals surface area contributed by atoms with E-state index < -0.39 is 0 Å². The summed E-state index contributed by atoms with van der Waals surface area (Å²) in [4.78, 5) is 13.2. The molecule has 11 heavy (non-hydrogen) atoms. The molecule has 0 unspecified atom stereocenters. The van der Waals surface area contributed by atoms with Gasteiger partial charge in [0.15, 0.2) is 0 Å². The van der Waals surface area contributed by atoms with Crippen molar-refractivity contribution in [2.45, 2.75) is 6.42 Å². The molecule has 0 N–H and O–H groups in total. The van der Waals surface area contributed by atoms with Gasteiger partial charge in [-0.3, -0.25) is 0 Å². The Morgan fingerprint density at radius 3 is 3.09 bits per heavy atom. The average molecular weight is 150 g/mol. The molecule has 1 aromatic rings. The van der Waals surface area contributed by atoms with Gasteiger partial charge in [0.05, 0.1) is 6.54 Å². The van der Waals surface area contributed by atoms with Crippen molar-refractivity contribution in [1.82, 2.24) is 4.57 Å². The molecule has 0 saturated carbocycles. The van der Waals surface area contributed by atoms with Gasteiger partial charge in [-0.05, 0) is 18.1 Å². The zero-order chi connectivity index (χ0) is 8.10. The highest BCUT2D eigenvalue weighted by Crippen LogP contribution is 1.99. The van der Waals surface area contributed by atoms with Gasteiger partial charge < -0.3 is 4.57 Å². The predicted octanol–water partition coefficient (Wildman–Crippen LogP) is 0.903. The van der Waals surface area contributed by atoms with Crippen LogP contribution in [0.2, 0.25) is 0 Å². The van der Waals surface area contributed by atoms with Crippen molar-refractivity contribution in [1.29, 1.82) is 0 Å². The summed E-state index contributed by atoms with van der Waals surface area (Å²) in [6.07, 6.45) is 6.31. The van der Waals surface area contributed by atoms with Crippen molar-refractivity contribution >= 4 is 6.08 Å². The third-order valence-corrected chi connectivity index (χ3v) is 1.47. The fourth-order valence-electron chi connectivity index (χ4n) is 0.939. The minimum atomic E-state index is 0.535. The third kappa shape index (κ3) is 2.40. The number of aliphatic imine (C=N–C) groups is 1. The van der Waals surface area contributed by atoms with Gasteiger partial charge in [0, 0.05) is 19.4 Å². The summed E-state index contributed by atoms with van der Waals surface area (Å²) in [6.45, 7) is 0.535. The van der Waals surface area contributed by atoms with Crippen molar-refractivity contribution in [3.8, 4) is 0 Å². The van der Waals surface area contributed by atoms with E-state index in [0.29, 0.717) is 6.54 Å². The van der Waals surface area contributed by atoms with E-state index >= 15 is 0 Å². The molecule has 0 atom stereocenters. The standard InChI is InChI=1S/C8H10N2O/c1-10-5-3-8(6-10)2-4-9-7-11/h3,5-6H,2,4H2,1H3. The Hall–Kier alpha value is -1.34. The predicted molar refractivity (Wildman–Crippen MR) is 42.1 cm³/mol. The first-order valence-electron chi connectivity index (χ1n) is 3.47. The summed E-state index contributed by atoms with van der Waals surface area (Å²) in [5, 5.41) is 0. The van der Waals surface area contributed by atoms with E-state index in [2.05, 4.69) is 4.99 Å². The summed E-state index contributed by atoms with van der Waals surface area (Å²) >= 11 is 0. The Morgan fingerprint density at radius 2 is 2.55 bits per heavy atom. The summed E-state index contributed by atoms with van der Waals surface area (Å²) in [5.74, 6) is 0. The van der Waals surface area contributed by atoms with Gasteiger partial charge in [0.2, 0.25) is 6.08 Å². The lowest BCUT2D eigenvalue weighted by atomic mass is 10.2. The molecule has 0 spiro atoms. The lowest BCUT2D eigenvalue weighted by Crippen LogP contribution is -1.86. The Kier molecular flexibility index (Phi) is 2.64. The average Bonchev–Trinajstić information content (AvgIpc) is 2.37. The molecule has 3 nitrogen and oxygen atoms in total. The molecule has 3 heteroatoms. The number of carbonyl (C=O) groups excluding carboxylic acids is 1. The second kappa shape index (κ2) is 3.74. The van der Waals surface area contributed by atoms with Crippen molar-refractivity contribution in [2.75, 3.05) is 6.54 Å². The number of aromatic nitrogens is 1. The molecule has 0 amide bonds. The number of aryl methyl sites for hydroxylation is 1. The highest BCUT2D eigenvalue weighted by atomic mass is 16.1. The number of rotatable bonds is 3. The molecule has 0 aliphatic rings. The maximum absolute atomic E-state index is 9.70. The van der Waals surface area contributed by atoms with E-state index in [1.807, 2.05) is 30.1 Å². The number of nitrogens with zero attached hydrogens (tertiary/aromatic N) is 2. The van der Waals surface area contributed by atoms with Crippen molar-refractivity contribution in [3.05, 3.63) is 24.0 Å². The van der Waals surface area contributed by atoms with E-state index in [0.717, 1.165) is 6.42 Å². The molecule has 0 radical (unpaired) electrons. The van der Waals surface area contributed by atoms with Gasteiger partial charge in [-0.15, -0.1) is 0 Å². The molecule has 0 fully saturated rings. The van der Waals surface area contributed by atoms with Crippen LogP contribution in [0.3, 0.4) is 0 Å². The van der Waals surface area contributed by atoms with Gasteiger partial charge in [-0.1, -0.05) is 0 Å². The highest BCUT2D eigenvalue weighted by molar-refractivity contribution is 5.32.